The first-order valence-corrected chi connectivity index (χ1v) is 10.3. The number of hydrogen-bond acceptors (Lipinski definition) is 4. The van der Waals surface area contributed by atoms with Crippen molar-refractivity contribution in [2.45, 2.75) is 38.5 Å². The van der Waals surface area contributed by atoms with E-state index in [1.54, 1.807) is 48.4 Å². The highest BCUT2D eigenvalue weighted by Gasteiger charge is 2.53. The van der Waals surface area contributed by atoms with Gasteiger partial charge in [0.25, 0.3) is 0 Å². The summed E-state index contributed by atoms with van der Waals surface area (Å²) in [6, 6.07) is 7.05. The highest BCUT2D eigenvalue weighted by molar-refractivity contribution is 6.10. The molecule has 0 bridgehead atoms. The first-order valence-electron chi connectivity index (χ1n) is 10.3. The van der Waals surface area contributed by atoms with Gasteiger partial charge >= 0.3 is 0 Å². The number of rotatable bonds is 11. The van der Waals surface area contributed by atoms with E-state index in [2.05, 4.69) is 13.2 Å². The third-order valence-corrected chi connectivity index (χ3v) is 5.49. The molecule has 1 unspecified atom stereocenters. The van der Waals surface area contributed by atoms with Gasteiger partial charge in [-0.25, -0.2) is 0 Å². The Labute approximate surface area is 179 Å². The molecule has 1 fully saturated rings. The fraction of sp³-hybridized carbons (Fsp3) is 0.458. The molecule has 0 N–H and O–H groups in total. The Balaban J connectivity index is 2.43. The van der Waals surface area contributed by atoms with Crippen molar-refractivity contribution < 1.29 is 19.1 Å². The molecule has 1 aromatic rings. The van der Waals surface area contributed by atoms with Gasteiger partial charge in [-0.2, -0.15) is 0 Å². The second-order valence-corrected chi connectivity index (χ2v) is 8.07. The van der Waals surface area contributed by atoms with Crippen molar-refractivity contribution in [3.8, 4) is 5.75 Å². The summed E-state index contributed by atoms with van der Waals surface area (Å²) in [6.07, 6.45) is 3.90. The number of carbonyl (C=O) groups is 3. The van der Waals surface area contributed by atoms with E-state index in [1.807, 2.05) is 13.8 Å². The summed E-state index contributed by atoms with van der Waals surface area (Å²) in [5.41, 5.74) is -0.558. The number of methoxy groups -OCH3 is 1. The summed E-state index contributed by atoms with van der Waals surface area (Å²) >= 11 is 0. The Kier molecular flexibility index (Phi) is 7.98. The summed E-state index contributed by atoms with van der Waals surface area (Å²) in [6.45, 7) is 12.6. The molecule has 1 saturated heterocycles. The Bertz CT molecular complexity index is 790. The van der Waals surface area contributed by atoms with E-state index < -0.39 is 5.41 Å². The Hall–Kier alpha value is -2.89. The molecule has 3 amide bonds. The Morgan fingerprint density at radius 2 is 1.80 bits per heavy atom. The molecule has 1 heterocycles. The van der Waals surface area contributed by atoms with Gasteiger partial charge in [0.1, 0.15) is 5.75 Å². The minimum atomic E-state index is -1.21. The average Bonchev–Trinajstić information content (AvgIpc) is 2.96. The molecular formula is C24H32N2O4. The van der Waals surface area contributed by atoms with Crippen LogP contribution in [0, 0.1) is 5.92 Å². The zero-order valence-electron chi connectivity index (χ0n) is 18.2. The Morgan fingerprint density at radius 3 is 2.30 bits per heavy atom. The van der Waals surface area contributed by atoms with Crippen LogP contribution in [0.3, 0.4) is 0 Å². The Morgan fingerprint density at radius 1 is 1.20 bits per heavy atom. The van der Waals surface area contributed by atoms with Gasteiger partial charge in [0.15, 0.2) is 0 Å². The first-order chi connectivity index (χ1) is 14.3. The van der Waals surface area contributed by atoms with Crippen molar-refractivity contribution in [2.75, 3.05) is 26.7 Å². The number of amides is 3. The lowest BCUT2D eigenvalue weighted by atomic mass is 9.75. The SMILES string of the molecule is C=CCN(CC=C)C(=O)CC1(c2ccc(OC)cc2)CC(=O)N(CCC(C)C)C1=O. The summed E-state index contributed by atoms with van der Waals surface area (Å²) in [4.78, 5) is 42.4. The molecule has 1 aromatic carbocycles. The molecule has 2 rings (SSSR count). The van der Waals surface area contributed by atoms with Gasteiger partial charge in [-0.3, -0.25) is 19.3 Å². The van der Waals surface area contributed by atoms with E-state index >= 15 is 0 Å². The number of imide groups is 1. The van der Waals surface area contributed by atoms with Gasteiger partial charge in [-0.1, -0.05) is 38.1 Å². The third kappa shape index (κ3) is 4.99. The average molecular weight is 413 g/mol. The van der Waals surface area contributed by atoms with Crippen LogP contribution in [0.1, 0.15) is 38.7 Å². The van der Waals surface area contributed by atoms with Crippen LogP contribution in [0.2, 0.25) is 0 Å². The van der Waals surface area contributed by atoms with Crippen molar-refractivity contribution in [3.63, 3.8) is 0 Å². The smallest absolute Gasteiger partial charge is 0.240 e. The van der Waals surface area contributed by atoms with Crippen molar-refractivity contribution in [3.05, 3.63) is 55.1 Å². The molecule has 1 atom stereocenters. The predicted octanol–water partition coefficient (Wildman–Crippen LogP) is 3.33. The van der Waals surface area contributed by atoms with Crippen LogP contribution < -0.4 is 4.74 Å². The number of carbonyl (C=O) groups excluding carboxylic acids is 3. The molecule has 0 aliphatic carbocycles. The zero-order chi connectivity index (χ0) is 22.3. The molecule has 30 heavy (non-hydrogen) atoms. The fourth-order valence-corrected chi connectivity index (χ4v) is 3.75. The fourth-order valence-electron chi connectivity index (χ4n) is 3.75. The first kappa shape index (κ1) is 23.4. The molecule has 0 aromatic heterocycles. The van der Waals surface area contributed by atoms with Crippen molar-refractivity contribution in [1.29, 1.82) is 0 Å². The van der Waals surface area contributed by atoms with Crippen molar-refractivity contribution in [1.82, 2.24) is 9.80 Å². The van der Waals surface area contributed by atoms with E-state index in [0.717, 1.165) is 6.42 Å². The summed E-state index contributed by atoms with van der Waals surface area (Å²) in [5.74, 6) is 0.261. The van der Waals surface area contributed by atoms with Gasteiger partial charge in [0.2, 0.25) is 17.7 Å². The lowest BCUT2D eigenvalue weighted by Gasteiger charge is -2.30. The number of hydrogen-bond donors (Lipinski definition) is 0. The van der Waals surface area contributed by atoms with Gasteiger partial charge in [0.05, 0.1) is 12.5 Å². The largest absolute Gasteiger partial charge is 0.497 e. The maximum absolute atomic E-state index is 13.5. The minimum absolute atomic E-state index is 0.0159. The second kappa shape index (κ2) is 10.2. The third-order valence-electron chi connectivity index (χ3n) is 5.49. The van der Waals surface area contributed by atoms with Crippen LogP contribution in [0.5, 0.6) is 5.75 Å². The monoisotopic (exact) mass is 412 g/mol. The van der Waals surface area contributed by atoms with Crippen LogP contribution in [0.4, 0.5) is 0 Å². The summed E-state index contributed by atoms with van der Waals surface area (Å²) < 4.78 is 5.22. The van der Waals surface area contributed by atoms with Gasteiger partial charge < -0.3 is 9.64 Å². The molecule has 1 aliphatic rings. The van der Waals surface area contributed by atoms with Crippen LogP contribution in [0.15, 0.2) is 49.6 Å². The number of ether oxygens (including phenoxy) is 1. The highest BCUT2D eigenvalue weighted by Crippen LogP contribution is 2.41. The molecule has 6 nitrogen and oxygen atoms in total. The molecular weight excluding hydrogens is 380 g/mol. The number of nitrogens with zero attached hydrogens (tertiary/aromatic N) is 2. The van der Waals surface area contributed by atoms with E-state index in [4.69, 9.17) is 4.74 Å². The van der Waals surface area contributed by atoms with Crippen LogP contribution in [0.25, 0.3) is 0 Å². The van der Waals surface area contributed by atoms with E-state index in [1.165, 1.54) is 4.90 Å². The van der Waals surface area contributed by atoms with E-state index in [0.29, 0.717) is 36.9 Å². The molecule has 0 spiro atoms. The quantitative estimate of drug-likeness (QED) is 0.413. The molecule has 162 valence electrons. The van der Waals surface area contributed by atoms with Gasteiger partial charge in [-0.05, 0) is 30.0 Å². The molecule has 0 saturated carbocycles. The van der Waals surface area contributed by atoms with Gasteiger partial charge in [-0.15, -0.1) is 13.2 Å². The number of likely N-dealkylation sites (tertiary alicyclic amines) is 1. The molecule has 6 heteroatoms. The van der Waals surface area contributed by atoms with Crippen molar-refractivity contribution in [2.24, 2.45) is 5.92 Å². The van der Waals surface area contributed by atoms with Gasteiger partial charge in [0, 0.05) is 32.5 Å². The van der Waals surface area contributed by atoms with Crippen LogP contribution >= 0.6 is 0 Å². The molecule has 1 aliphatic heterocycles. The van der Waals surface area contributed by atoms with E-state index in [9.17, 15) is 14.4 Å². The van der Waals surface area contributed by atoms with Crippen LogP contribution in [-0.2, 0) is 19.8 Å². The maximum Gasteiger partial charge on any atom is 0.240 e. The van der Waals surface area contributed by atoms with Crippen LogP contribution in [-0.4, -0.2) is 54.3 Å². The zero-order valence-corrected chi connectivity index (χ0v) is 18.2. The second-order valence-electron chi connectivity index (χ2n) is 8.07. The van der Waals surface area contributed by atoms with Crippen molar-refractivity contribution >= 4 is 17.7 Å². The topological polar surface area (TPSA) is 66.9 Å². The highest BCUT2D eigenvalue weighted by atomic mass is 16.5. The lowest BCUT2D eigenvalue weighted by Crippen LogP contribution is -2.44. The standard InChI is InChI=1S/C24H32N2O4/c1-6-13-25(14-7-2)21(27)16-24(19-8-10-20(30-5)11-9-19)17-22(28)26(23(24)29)15-12-18(3)4/h6-11,18H,1-2,12-17H2,3-5H3. The number of benzene rings is 1. The molecule has 0 radical (unpaired) electrons. The van der Waals surface area contributed by atoms with E-state index in [-0.39, 0.29) is 30.6 Å². The lowest BCUT2D eigenvalue weighted by molar-refractivity contribution is -0.142. The predicted molar refractivity (Wildman–Crippen MR) is 117 cm³/mol. The summed E-state index contributed by atoms with van der Waals surface area (Å²) in [7, 11) is 1.56. The maximum atomic E-state index is 13.5. The summed E-state index contributed by atoms with van der Waals surface area (Å²) in [5, 5.41) is 0. The minimum Gasteiger partial charge on any atom is -0.497 e. The normalized spacial score (nSPS) is 18.6.